The molecule has 0 aliphatic carbocycles. The van der Waals surface area contributed by atoms with Gasteiger partial charge in [-0.1, -0.05) is 83.8 Å². The lowest BCUT2D eigenvalue weighted by atomic mass is 9.95. The van der Waals surface area contributed by atoms with Gasteiger partial charge in [-0.15, -0.1) is 10.2 Å². The van der Waals surface area contributed by atoms with E-state index in [1.54, 1.807) is 13.8 Å². The van der Waals surface area contributed by atoms with Crippen LogP contribution in [0.1, 0.15) is 35.2 Å². The molecule has 0 radical (unpaired) electrons. The molecule has 1 aromatic heterocycles. The molecular weight excluding hydrogens is 602 g/mol. The number of hydrogen-bond acceptors (Lipinski definition) is 9. The minimum absolute atomic E-state index is 0.0449. The Kier molecular flexibility index (Phi) is 8.07. The molecule has 6 rings (SSSR count). The average Bonchev–Trinajstić information content (AvgIpc) is 3.60. The Morgan fingerprint density at radius 3 is 2.64 bits per heavy atom. The van der Waals surface area contributed by atoms with Crippen molar-refractivity contribution in [1.82, 2.24) is 10.2 Å². The van der Waals surface area contributed by atoms with E-state index in [0.717, 1.165) is 33.7 Å². The number of Topliss-reactive ketones (excluding diaryl/α,β-unsaturated/α-hetero) is 1. The molecule has 5 aromatic rings. The highest BCUT2D eigenvalue weighted by Crippen LogP contribution is 2.45. The molecule has 222 valence electrons. The lowest BCUT2D eigenvalue weighted by Crippen LogP contribution is -2.29. The molecule has 1 aliphatic heterocycles. The van der Waals surface area contributed by atoms with Gasteiger partial charge in [-0.25, -0.2) is 4.39 Å². The van der Waals surface area contributed by atoms with E-state index in [1.165, 1.54) is 47.0 Å². The van der Waals surface area contributed by atoms with Crippen LogP contribution in [0.15, 0.2) is 88.8 Å². The van der Waals surface area contributed by atoms with Crippen molar-refractivity contribution in [3.8, 4) is 11.5 Å². The Morgan fingerprint density at radius 2 is 1.84 bits per heavy atom. The fraction of sp³-hybridized carbons (Fsp3) is 0.152. The molecule has 1 saturated heterocycles. The third kappa shape index (κ3) is 5.40. The number of hydrogen-bond donors (Lipinski definition) is 2. The van der Waals surface area contributed by atoms with Crippen LogP contribution >= 0.6 is 23.1 Å². The van der Waals surface area contributed by atoms with Gasteiger partial charge in [-0.2, -0.15) is 0 Å². The Hall–Kier alpha value is -4.74. The largest absolute Gasteiger partial charge is 0.507 e. The molecule has 2 heterocycles. The summed E-state index contributed by atoms with van der Waals surface area (Å²) < 4.78 is 20.6. The molecule has 1 aliphatic rings. The molecule has 0 spiro atoms. The Bertz CT molecular complexity index is 1950. The van der Waals surface area contributed by atoms with Crippen LogP contribution in [-0.2, 0) is 15.3 Å². The summed E-state index contributed by atoms with van der Waals surface area (Å²) in [4.78, 5) is 28.3. The summed E-state index contributed by atoms with van der Waals surface area (Å²) in [7, 11) is 0. The summed E-state index contributed by atoms with van der Waals surface area (Å²) in [6, 6.07) is 21.5. The molecule has 0 unspecified atom stereocenters. The molecule has 44 heavy (non-hydrogen) atoms. The summed E-state index contributed by atoms with van der Waals surface area (Å²) in [6.07, 6.45) is 0. The predicted octanol–water partition coefficient (Wildman–Crippen LogP) is 7.16. The molecule has 1 fully saturated rings. The number of benzene rings is 4. The number of anilines is 1. The van der Waals surface area contributed by atoms with Crippen LogP contribution in [0.3, 0.4) is 0 Å². The molecular formula is C33H26FN3O5S2. The maximum atomic E-state index is 14.5. The standard InChI is InChI=1S/C33H26FN3O5S2/c1-3-42-26-16-20(13-14-25(26)38)28-27(29(39)21-12-11-18(2)24(34)15-21)30(40)31(41)37(28)32-35-36-33(44-32)43-17-22-9-6-8-19-7-4-5-10-23(19)22/h4-16,28,38-39H,3,17H2,1-2H3/t28-/m1/s1. The summed E-state index contributed by atoms with van der Waals surface area (Å²) in [6.45, 7) is 3.59. The highest BCUT2D eigenvalue weighted by molar-refractivity contribution is 8.00. The van der Waals surface area contributed by atoms with Crippen molar-refractivity contribution >= 4 is 56.5 Å². The summed E-state index contributed by atoms with van der Waals surface area (Å²) >= 11 is 2.59. The van der Waals surface area contributed by atoms with Gasteiger partial charge < -0.3 is 14.9 Å². The van der Waals surface area contributed by atoms with Crippen LogP contribution in [0.2, 0.25) is 0 Å². The molecule has 4 aromatic carbocycles. The molecule has 0 saturated carbocycles. The third-order valence-corrected chi connectivity index (χ3v) is 9.43. The molecule has 2 N–H and O–H groups in total. The first-order chi connectivity index (χ1) is 21.3. The van der Waals surface area contributed by atoms with Gasteiger partial charge in [-0.3, -0.25) is 14.5 Å². The number of phenolic OH excluding ortho intramolecular Hbond substituents is 1. The molecule has 11 heteroatoms. The van der Waals surface area contributed by atoms with Crippen molar-refractivity contribution in [2.75, 3.05) is 11.5 Å². The number of fused-ring (bicyclic) bond motifs is 1. The second kappa shape index (κ2) is 12.1. The number of halogens is 1. The van der Waals surface area contributed by atoms with Crippen molar-refractivity contribution in [2.45, 2.75) is 30.0 Å². The van der Waals surface area contributed by atoms with E-state index in [2.05, 4.69) is 28.4 Å². The number of aromatic nitrogens is 2. The predicted molar refractivity (Wildman–Crippen MR) is 169 cm³/mol. The second-order valence-electron chi connectivity index (χ2n) is 10.1. The quantitative estimate of drug-likeness (QED) is 0.0613. The highest BCUT2D eigenvalue weighted by Gasteiger charge is 2.48. The summed E-state index contributed by atoms with van der Waals surface area (Å²) in [5.41, 5.74) is 1.65. The smallest absolute Gasteiger partial charge is 0.301 e. The van der Waals surface area contributed by atoms with E-state index < -0.39 is 29.3 Å². The number of ketones is 1. The van der Waals surface area contributed by atoms with Crippen LogP contribution in [-0.4, -0.2) is 38.7 Å². The molecule has 1 atom stereocenters. The monoisotopic (exact) mass is 627 g/mol. The maximum absolute atomic E-state index is 14.5. The first kappa shape index (κ1) is 29.3. The van der Waals surface area contributed by atoms with Gasteiger partial charge in [0.15, 0.2) is 15.8 Å². The average molecular weight is 628 g/mol. The summed E-state index contributed by atoms with van der Waals surface area (Å²) in [5, 5.41) is 32.6. The van der Waals surface area contributed by atoms with Gasteiger partial charge in [-0.05, 0) is 59.5 Å². The number of thioether (sulfide) groups is 1. The van der Waals surface area contributed by atoms with Crippen molar-refractivity contribution in [3.05, 3.63) is 113 Å². The van der Waals surface area contributed by atoms with E-state index in [-0.39, 0.29) is 34.4 Å². The zero-order valence-corrected chi connectivity index (χ0v) is 25.3. The number of carbonyl (C=O) groups is 2. The fourth-order valence-corrected chi connectivity index (χ4v) is 7.00. The van der Waals surface area contributed by atoms with Crippen LogP contribution < -0.4 is 9.64 Å². The van der Waals surface area contributed by atoms with Gasteiger partial charge in [0.05, 0.1) is 18.2 Å². The van der Waals surface area contributed by atoms with Gasteiger partial charge in [0.1, 0.15) is 11.6 Å². The van der Waals surface area contributed by atoms with E-state index in [4.69, 9.17) is 4.74 Å². The van der Waals surface area contributed by atoms with E-state index in [0.29, 0.717) is 21.2 Å². The Morgan fingerprint density at radius 1 is 1.05 bits per heavy atom. The van der Waals surface area contributed by atoms with Gasteiger partial charge in [0.2, 0.25) is 5.13 Å². The van der Waals surface area contributed by atoms with E-state index in [1.807, 2.05) is 24.3 Å². The Balaban J connectivity index is 1.40. The number of ether oxygens (including phenoxy) is 1. The minimum atomic E-state index is -1.15. The first-order valence-electron chi connectivity index (χ1n) is 13.7. The van der Waals surface area contributed by atoms with Crippen molar-refractivity contribution < 1.29 is 28.9 Å². The number of aliphatic hydroxyl groups excluding tert-OH is 1. The van der Waals surface area contributed by atoms with E-state index in [9.17, 15) is 24.2 Å². The van der Waals surface area contributed by atoms with Crippen LogP contribution in [0.5, 0.6) is 11.5 Å². The lowest BCUT2D eigenvalue weighted by molar-refractivity contribution is -0.132. The topological polar surface area (TPSA) is 113 Å². The normalized spacial score (nSPS) is 16.2. The zero-order valence-electron chi connectivity index (χ0n) is 23.7. The number of aromatic hydroxyl groups is 1. The number of rotatable bonds is 8. The maximum Gasteiger partial charge on any atom is 0.301 e. The number of amides is 1. The number of phenols is 1. The number of carbonyl (C=O) groups excluding carboxylic acids is 2. The van der Waals surface area contributed by atoms with Crippen LogP contribution in [0, 0.1) is 12.7 Å². The molecule has 8 nitrogen and oxygen atoms in total. The minimum Gasteiger partial charge on any atom is -0.507 e. The Labute approximate surface area is 260 Å². The highest BCUT2D eigenvalue weighted by atomic mass is 32.2. The van der Waals surface area contributed by atoms with Crippen LogP contribution in [0.25, 0.3) is 16.5 Å². The number of aliphatic hydroxyl groups is 1. The van der Waals surface area contributed by atoms with Gasteiger partial charge in [0.25, 0.3) is 5.78 Å². The zero-order chi connectivity index (χ0) is 31.0. The van der Waals surface area contributed by atoms with Crippen LogP contribution in [0.4, 0.5) is 9.52 Å². The van der Waals surface area contributed by atoms with Crippen molar-refractivity contribution in [2.24, 2.45) is 0 Å². The van der Waals surface area contributed by atoms with E-state index >= 15 is 0 Å². The fourth-order valence-electron chi connectivity index (χ4n) is 5.13. The van der Waals surface area contributed by atoms with Crippen molar-refractivity contribution in [3.63, 3.8) is 0 Å². The van der Waals surface area contributed by atoms with Gasteiger partial charge in [0, 0.05) is 11.3 Å². The van der Waals surface area contributed by atoms with Gasteiger partial charge >= 0.3 is 5.91 Å². The number of nitrogens with zero attached hydrogens (tertiary/aromatic N) is 3. The third-order valence-electron chi connectivity index (χ3n) is 7.32. The second-order valence-corrected chi connectivity index (χ2v) is 12.2. The SMILES string of the molecule is CCOc1cc([C@@H]2C(=C(O)c3ccc(C)c(F)c3)C(=O)C(=O)N2c2nnc(SCc3cccc4ccccc34)s2)ccc1O. The lowest BCUT2D eigenvalue weighted by Gasteiger charge is -2.23. The molecule has 1 amide bonds. The number of aryl methyl sites for hydroxylation is 1. The summed E-state index contributed by atoms with van der Waals surface area (Å²) in [5.74, 6) is -2.36. The molecule has 0 bridgehead atoms. The first-order valence-corrected chi connectivity index (χ1v) is 15.5. The van der Waals surface area contributed by atoms with Crippen molar-refractivity contribution in [1.29, 1.82) is 0 Å².